The van der Waals surface area contributed by atoms with Crippen molar-refractivity contribution in [1.82, 2.24) is 9.97 Å². The van der Waals surface area contributed by atoms with E-state index in [1.54, 1.807) is 18.6 Å². The number of nitrogens with zero attached hydrogens (tertiary/aromatic N) is 3. The maximum Gasteiger partial charge on any atom is 1.00 e. The first kappa shape index (κ1) is 14.5. The number of nitrogens with one attached hydrogen (secondary N) is 1. The van der Waals surface area contributed by atoms with Gasteiger partial charge >= 0.3 is 29.6 Å². The van der Waals surface area contributed by atoms with Crippen LogP contribution in [0.2, 0.25) is 0 Å². The third-order valence-corrected chi connectivity index (χ3v) is 2.50. The van der Waals surface area contributed by atoms with Crippen LogP contribution in [-0.4, -0.2) is 15.9 Å². The van der Waals surface area contributed by atoms with Gasteiger partial charge in [0.2, 0.25) is 6.19 Å². The molecule has 0 unspecified atom stereocenters. The Morgan fingerprint density at radius 2 is 2.11 bits per heavy atom. The Labute approximate surface area is 127 Å². The predicted molar refractivity (Wildman–Crippen MR) is 60.9 cm³/mol. The fraction of sp³-hybridized carbons (Fsp3) is 0.0833. The van der Waals surface area contributed by atoms with Gasteiger partial charge < -0.3 is 10.1 Å². The Bertz CT molecular complexity index is 598. The Morgan fingerprint density at radius 1 is 1.44 bits per heavy atom. The smallest absolute Gasteiger partial charge is 0.857 e. The molecule has 2 heterocycles. The van der Waals surface area contributed by atoms with Gasteiger partial charge in [-0.05, 0) is 30.2 Å². The van der Waals surface area contributed by atoms with Gasteiger partial charge in [0.15, 0.2) is 0 Å². The Morgan fingerprint density at radius 3 is 2.72 bits per heavy atom. The van der Waals surface area contributed by atoms with Crippen LogP contribution in [0.3, 0.4) is 0 Å². The Balaban J connectivity index is 0.00000162. The molecule has 18 heavy (non-hydrogen) atoms. The van der Waals surface area contributed by atoms with E-state index in [2.05, 4.69) is 15.0 Å². The van der Waals surface area contributed by atoms with Crippen molar-refractivity contribution in [2.75, 3.05) is 0 Å². The molecule has 0 aliphatic rings. The van der Waals surface area contributed by atoms with Crippen LogP contribution < -0.4 is 34.7 Å². The van der Waals surface area contributed by atoms with E-state index in [1.165, 1.54) is 6.19 Å². The van der Waals surface area contributed by atoms with Crippen molar-refractivity contribution in [2.45, 2.75) is 6.92 Å². The molecule has 0 saturated heterocycles. The third kappa shape index (κ3) is 2.79. The largest absolute Gasteiger partial charge is 1.00 e. The fourth-order valence-corrected chi connectivity index (χ4v) is 1.65. The number of pyridine rings is 1. The number of aliphatic imine (C=N–C) groups is 1. The second-order valence-corrected chi connectivity index (χ2v) is 3.46. The van der Waals surface area contributed by atoms with Gasteiger partial charge in [-0.25, -0.2) is 0 Å². The van der Waals surface area contributed by atoms with Crippen molar-refractivity contribution in [1.29, 1.82) is 5.26 Å². The number of nitriles is 1. The van der Waals surface area contributed by atoms with E-state index in [0.29, 0.717) is 5.69 Å². The quantitative estimate of drug-likeness (QED) is 0.288. The van der Waals surface area contributed by atoms with Crippen LogP contribution in [0.4, 0.5) is 0 Å². The van der Waals surface area contributed by atoms with E-state index in [0.717, 1.165) is 16.7 Å². The zero-order chi connectivity index (χ0) is 12.3. The Kier molecular flexibility index (Phi) is 5.10. The van der Waals surface area contributed by atoms with Crippen LogP contribution in [0.5, 0.6) is 0 Å². The monoisotopic (exact) mass is 248 g/mol. The fourth-order valence-electron chi connectivity index (χ4n) is 1.65. The van der Waals surface area contributed by atoms with E-state index in [4.69, 9.17) is 5.26 Å². The van der Waals surface area contributed by atoms with E-state index in [9.17, 15) is 5.11 Å². The average molecular weight is 248 g/mol. The molecule has 0 saturated carbocycles. The van der Waals surface area contributed by atoms with Crippen LogP contribution in [0.1, 0.15) is 11.3 Å². The molecule has 1 N–H and O–H groups in total. The molecule has 0 aliphatic carbocycles. The van der Waals surface area contributed by atoms with Crippen LogP contribution in [0, 0.1) is 18.4 Å². The molecule has 0 spiro atoms. The minimum absolute atomic E-state index is 0. The zero-order valence-corrected chi connectivity index (χ0v) is 12.1. The number of H-pyrrole nitrogens is 1. The number of aromatic nitrogens is 2. The molecular formula is C12H9N4NaO. The minimum atomic E-state index is -0.551. The van der Waals surface area contributed by atoms with Crippen molar-refractivity contribution in [2.24, 2.45) is 4.99 Å². The number of hydrogen-bond acceptors (Lipinski definition) is 4. The maximum absolute atomic E-state index is 11.5. The molecule has 0 aromatic carbocycles. The van der Waals surface area contributed by atoms with Crippen molar-refractivity contribution in [3.63, 3.8) is 0 Å². The first-order valence-electron chi connectivity index (χ1n) is 4.96. The van der Waals surface area contributed by atoms with Crippen molar-refractivity contribution < 1.29 is 34.7 Å². The Hall–Kier alpha value is -1.61. The molecule has 5 nitrogen and oxygen atoms in total. The van der Waals surface area contributed by atoms with Crippen LogP contribution in [0.25, 0.3) is 11.1 Å². The summed E-state index contributed by atoms with van der Waals surface area (Å²) in [4.78, 5) is 9.96. The molecule has 2 aromatic rings. The second kappa shape index (κ2) is 6.36. The summed E-state index contributed by atoms with van der Waals surface area (Å²) in [6.45, 7) is 1.81. The molecule has 0 bridgehead atoms. The molecule has 0 atom stereocenters. The molecule has 0 aliphatic heterocycles. The topological polar surface area (TPSA) is 87.9 Å². The van der Waals surface area contributed by atoms with E-state index in [-0.39, 0.29) is 29.6 Å². The van der Waals surface area contributed by atoms with Crippen molar-refractivity contribution >= 4 is 5.90 Å². The van der Waals surface area contributed by atoms with E-state index < -0.39 is 5.90 Å². The number of aromatic amines is 1. The summed E-state index contributed by atoms with van der Waals surface area (Å²) < 4.78 is 0. The molecule has 0 fully saturated rings. The molecule has 84 valence electrons. The summed E-state index contributed by atoms with van der Waals surface area (Å²) in [7, 11) is 0. The summed E-state index contributed by atoms with van der Waals surface area (Å²) in [5.41, 5.74) is 2.99. The van der Waals surface area contributed by atoms with Gasteiger partial charge in [-0.1, -0.05) is 0 Å². The van der Waals surface area contributed by atoms with Crippen LogP contribution in [0.15, 0.2) is 35.7 Å². The SMILES string of the molecule is Cc1c(-c2ccncc2)c[nH]c1C([O-])=NC#N.[Na+]. The summed E-state index contributed by atoms with van der Waals surface area (Å²) >= 11 is 0. The summed E-state index contributed by atoms with van der Waals surface area (Å²) in [5, 5.41) is 19.8. The van der Waals surface area contributed by atoms with Gasteiger partial charge in [0.1, 0.15) is 0 Å². The second-order valence-electron chi connectivity index (χ2n) is 3.46. The predicted octanol–water partition coefficient (Wildman–Crippen LogP) is -2.02. The third-order valence-electron chi connectivity index (χ3n) is 2.50. The van der Waals surface area contributed by atoms with Gasteiger partial charge in [-0.3, -0.25) is 4.98 Å². The first-order valence-corrected chi connectivity index (χ1v) is 4.96. The molecular weight excluding hydrogens is 239 g/mol. The molecule has 2 aromatic heterocycles. The van der Waals surface area contributed by atoms with Gasteiger partial charge in [0.25, 0.3) is 0 Å². The summed E-state index contributed by atoms with van der Waals surface area (Å²) in [6, 6.07) is 3.71. The van der Waals surface area contributed by atoms with Gasteiger partial charge in [0, 0.05) is 30.1 Å². The standard InChI is InChI=1S/C12H10N4O.Na/c1-8-10(9-2-4-14-5-3-9)6-15-11(8)12(17)16-7-13;/h2-6,15H,1H3,(H,16,17);/q;+1/p-1. The van der Waals surface area contributed by atoms with E-state index in [1.807, 2.05) is 19.1 Å². The maximum atomic E-state index is 11.5. The van der Waals surface area contributed by atoms with Crippen LogP contribution >= 0.6 is 0 Å². The molecule has 0 amide bonds. The first-order chi connectivity index (χ1) is 8.24. The average Bonchev–Trinajstić information content (AvgIpc) is 2.72. The molecule has 2 rings (SSSR count). The molecule has 6 heteroatoms. The van der Waals surface area contributed by atoms with Crippen LogP contribution in [-0.2, 0) is 0 Å². The molecule has 0 radical (unpaired) electrons. The van der Waals surface area contributed by atoms with Gasteiger partial charge in [0.05, 0.1) is 5.69 Å². The normalized spacial score (nSPS) is 10.6. The number of hydrogen-bond donors (Lipinski definition) is 1. The van der Waals surface area contributed by atoms with Gasteiger partial charge in [-0.15, -0.1) is 0 Å². The van der Waals surface area contributed by atoms with E-state index >= 15 is 0 Å². The summed E-state index contributed by atoms with van der Waals surface area (Å²) in [6.07, 6.45) is 6.58. The van der Waals surface area contributed by atoms with Crippen molar-refractivity contribution in [3.8, 4) is 17.3 Å². The number of rotatable bonds is 2. The summed E-state index contributed by atoms with van der Waals surface area (Å²) in [5.74, 6) is -0.551. The zero-order valence-electron chi connectivity index (χ0n) is 10.1. The van der Waals surface area contributed by atoms with Gasteiger partial charge in [-0.2, -0.15) is 10.3 Å². The van der Waals surface area contributed by atoms with Crippen molar-refractivity contribution in [3.05, 3.63) is 42.0 Å². The minimum Gasteiger partial charge on any atom is -0.857 e.